The van der Waals surface area contributed by atoms with Gasteiger partial charge in [-0.3, -0.25) is 9.59 Å². The summed E-state index contributed by atoms with van der Waals surface area (Å²) in [6.07, 6.45) is 1.65. The minimum Gasteiger partial charge on any atom is -0.508 e. The monoisotopic (exact) mass is 442 g/mol. The van der Waals surface area contributed by atoms with Gasteiger partial charge in [0.05, 0.1) is 24.7 Å². The maximum atomic E-state index is 13.1. The quantitative estimate of drug-likeness (QED) is 0.368. The number of ether oxygens (including phenoxy) is 3. The summed E-state index contributed by atoms with van der Waals surface area (Å²) in [5, 5.41) is 9.93. The van der Waals surface area contributed by atoms with Crippen LogP contribution >= 0.6 is 0 Å². The zero-order valence-corrected chi connectivity index (χ0v) is 17.5. The zero-order chi connectivity index (χ0) is 23.1. The molecular weight excluding hydrogens is 424 g/mol. The van der Waals surface area contributed by atoms with Crippen molar-refractivity contribution in [2.75, 3.05) is 7.11 Å². The summed E-state index contributed by atoms with van der Waals surface area (Å²) in [7, 11) is 1.31. The number of allylic oxidation sites excluding steroid dienone is 1. The lowest BCUT2D eigenvalue weighted by molar-refractivity contribution is -0.135. The van der Waals surface area contributed by atoms with Gasteiger partial charge in [0, 0.05) is 11.5 Å². The van der Waals surface area contributed by atoms with Crippen molar-refractivity contribution in [3.63, 3.8) is 0 Å². The Balaban J connectivity index is 1.54. The number of carbonyl (C=O) groups is 3. The lowest BCUT2D eigenvalue weighted by Gasteiger charge is -2.26. The van der Waals surface area contributed by atoms with Crippen LogP contribution in [0.4, 0.5) is 0 Å². The number of ketones is 1. The van der Waals surface area contributed by atoms with E-state index < -0.39 is 17.9 Å². The number of Topliss-reactive ketones (excluding diaryl/α,β-unsaturated/α-hetero) is 1. The molecule has 0 amide bonds. The second-order valence-corrected chi connectivity index (χ2v) is 7.73. The van der Waals surface area contributed by atoms with Crippen molar-refractivity contribution in [1.82, 2.24) is 0 Å². The molecule has 0 aliphatic carbocycles. The molecule has 0 saturated carbocycles. The molecule has 2 heterocycles. The molecule has 2 aliphatic heterocycles. The molecule has 1 atom stereocenters. The molecule has 7 nitrogen and oxygen atoms in total. The van der Waals surface area contributed by atoms with Crippen molar-refractivity contribution < 1.29 is 33.7 Å². The zero-order valence-electron chi connectivity index (χ0n) is 17.5. The molecule has 0 spiro atoms. The van der Waals surface area contributed by atoms with Crippen molar-refractivity contribution >= 4 is 23.8 Å². The summed E-state index contributed by atoms with van der Waals surface area (Å²) >= 11 is 0. The van der Waals surface area contributed by atoms with Gasteiger partial charge in [0.1, 0.15) is 17.2 Å². The lowest BCUT2D eigenvalue weighted by Crippen LogP contribution is -2.21. The Kier molecular flexibility index (Phi) is 4.94. The average molecular weight is 442 g/mol. The third-order valence-corrected chi connectivity index (χ3v) is 5.68. The van der Waals surface area contributed by atoms with E-state index in [9.17, 15) is 19.5 Å². The van der Waals surface area contributed by atoms with Crippen LogP contribution in [0.1, 0.15) is 49.7 Å². The van der Waals surface area contributed by atoms with E-state index in [4.69, 9.17) is 14.2 Å². The lowest BCUT2D eigenvalue weighted by atomic mass is 9.84. The standard InChI is InChI=1S/C26H18O7/c1-31-26(30)15-7-5-14(6-8-15)11-21-24(29)18-9-10-20-23(25(18)33-21)19(13-22(28)32-20)16-3-2-4-17(27)12-16/h2-12,19,27H,13H2,1H3/b21-11-/t19-/m1/s1. The molecule has 3 aromatic rings. The van der Waals surface area contributed by atoms with Gasteiger partial charge >= 0.3 is 11.9 Å². The Morgan fingerprint density at radius 2 is 1.85 bits per heavy atom. The summed E-state index contributed by atoms with van der Waals surface area (Å²) in [6.45, 7) is 0. The van der Waals surface area contributed by atoms with Crippen molar-refractivity contribution in [3.8, 4) is 17.2 Å². The molecule has 5 rings (SSSR count). The summed E-state index contributed by atoms with van der Waals surface area (Å²) in [5.74, 6) is -0.711. The maximum Gasteiger partial charge on any atom is 0.337 e. The molecule has 33 heavy (non-hydrogen) atoms. The SMILES string of the molecule is COC(=O)c1ccc(/C=C2\Oc3c(ccc4c3[C@@H](c3cccc(O)c3)CC(=O)O4)C2=O)cc1. The van der Waals surface area contributed by atoms with Gasteiger partial charge in [0.25, 0.3) is 0 Å². The number of rotatable bonds is 3. The second kappa shape index (κ2) is 7.94. The first kappa shape index (κ1) is 20.5. The van der Waals surface area contributed by atoms with E-state index in [0.717, 1.165) is 0 Å². The number of fused-ring (bicyclic) bond motifs is 3. The fourth-order valence-electron chi connectivity index (χ4n) is 4.12. The maximum absolute atomic E-state index is 13.1. The number of esters is 2. The van der Waals surface area contributed by atoms with Gasteiger partial charge in [-0.1, -0.05) is 24.3 Å². The first-order chi connectivity index (χ1) is 15.9. The van der Waals surface area contributed by atoms with Crippen LogP contribution < -0.4 is 9.47 Å². The fraction of sp³-hybridized carbons (Fsp3) is 0.115. The number of carbonyl (C=O) groups excluding carboxylic acids is 3. The summed E-state index contributed by atoms with van der Waals surface area (Å²) in [4.78, 5) is 36.9. The highest BCUT2D eigenvalue weighted by Crippen LogP contribution is 2.49. The van der Waals surface area contributed by atoms with Crippen LogP contribution in [0.15, 0.2) is 66.4 Å². The van der Waals surface area contributed by atoms with Crippen LogP contribution in [0.2, 0.25) is 0 Å². The van der Waals surface area contributed by atoms with E-state index in [0.29, 0.717) is 39.3 Å². The third kappa shape index (κ3) is 3.63. The Morgan fingerprint density at radius 1 is 1.06 bits per heavy atom. The molecule has 0 saturated heterocycles. The predicted octanol–water partition coefficient (Wildman–Crippen LogP) is 4.24. The van der Waals surface area contributed by atoms with E-state index in [2.05, 4.69) is 0 Å². The molecule has 0 radical (unpaired) electrons. The van der Waals surface area contributed by atoms with Crippen molar-refractivity contribution in [3.05, 3.63) is 94.2 Å². The third-order valence-electron chi connectivity index (χ3n) is 5.68. The van der Waals surface area contributed by atoms with Gasteiger partial charge in [0.15, 0.2) is 5.76 Å². The molecule has 2 aliphatic rings. The highest BCUT2D eigenvalue weighted by Gasteiger charge is 2.38. The van der Waals surface area contributed by atoms with Gasteiger partial charge in [-0.25, -0.2) is 4.79 Å². The van der Waals surface area contributed by atoms with E-state index >= 15 is 0 Å². The van der Waals surface area contributed by atoms with Crippen molar-refractivity contribution in [2.24, 2.45) is 0 Å². The summed E-state index contributed by atoms with van der Waals surface area (Å²) in [6, 6.07) is 16.4. The van der Waals surface area contributed by atoms with E-state index in [1.807, 2.05) is 6.07 Å². The highest BCUT2D eigenvalue weighted by molar-refractivity contribution is 6.15. The van der Waals surface area contributed by atoms with Gasteiger partial charge < -0.3 is 19.3 Å². The number of benzene rings is 3. The molecule has 164 valence electrons. The Hall–Kier alpha value is -4.39. The van der Waals surface area contributed by atoms with Crippen LogP contribution in [0.5, 0.6) is 17.2 Å². The topological polar surface area (TPSA) is 99.1 Å². The van der Waals surface area contributed by atoms with Gasteiger partial charge in [0.2, 0.25) is 5.78 Å². The summed E-state index contributed by atoms with van der Waals surface area (Å²) in [5.41, 5.74) is 2.74. The highest BCUT2D eigenvalue weighted by atomic mass is 16.5. The van der Waals surface area contributed by atoms with E-state index in [1.54, 1.807) is 60.7 Å². The molecule has 7 heteroatoms. The first-order valence-electron chi connectivity index (χ1n) is 10.2. The van der Waals surface area contributed by atoms with Gasteiger partial charge in [-0.15, -0.1) is 0 Å². The number of aromatic hydroxyl groups is 1. The van der Waals surface area contributed by atoms with Crippen molar-refractivity contribution in [1.29, 1.82) is 0 Å². The normalized spacial score (nSPS) is 17.7. The second-order valence-electron chi connectivity index (χ2n) is 7.73. The molecule has 0 unspecified atom stereocenters. The number of hydrogen-bond donors (Lipinski definition) is 1. The molecular formula is C26H18O7. The number of methoxy groups -OCH3 is 1. The number of phenolic OH excluding ortho intramolecular Hbond substituents is 1. The Labute approximate surface area is 188 Å². The van der Waals surface area contributed by atoms with Crippen molar-refractivity contribution in [2.45, 2.75) is 12.3 Å². The van der Waals surface area contributed by atoms with E-state index in [1.165, 1.54) is 7.11 Å². The number of phenols is 1. The first-order valence-corrected chi connectivity index (χ1v) is 10.2. The van der Waals surface area contributed by atoms with Crippen LogP contribution in [0, 0.1) is 0 Å². The molecule has 3 aromatic carbocycles. The van der Waals surface area contributed by atoms with Crippen LogP contribution in [0.25, 0.3) is 6.08 Å². The minimum atomic E-state index is -0.450. The number of hydrogen-bond acceptors (Lipinski definition) is 7. The minimum absolute atomic E-state index is 0.0541. The Bertz CT molecular complexity index is 1340. The molecule has 0 bridgehead atoms. The van der Waals surface area contributed by atoms with E-state index in [-0.39, 0.29) is 23.7 Å². The predicted molar refractivity (Wildman–Crippen MR) is 117 cm³/mol. The Morgan fingerprint density at radius 3 is 2.58 bits per heavy atom. The fourth-order valence-corrected chi connectivity index (χ4v) is 4.12. The van der Waals surface area contributed by atoms with Crippen LogP contribution in [-0.2, 0) is 9.53 Å². The summed E-state index contributed by atoms with van der Waals surface area (Å²) < 4.78 is 16.1. The van der Waals surface area contributed by atoms with Crippen LogP contribution in [0.3, 0.4) is 0 Å². The van der Waals surface area contributed by atoms with Gasteiger partial charge in [-0.05, 0) is 53.6 Å². The average Bonchev–Trinajstić information content (AvgIpc) is 3.13. The van der Waals surface area contributed by atoms with Crippen LogP contribution in [-0.4, -0.2) is 29.9 Å². The molecule has 0 fully saturated rings. The molecule has 0 aromatic heterocycles. The smallest absolute Gasteiger partial charge is 0.337 e. The largest absolute Gasteiger partial charge is 0.508 e. The molecule has 1 N–H and O–H groups in total. The van der Waals surface area contributed by atoms with Gasteiger partial charge in [-0.2, -0.15) is 0 Å².